The molecular weight excluding hydrogens is 177 g/mol. The molecule has 0 saturated heterocycles. The van der Waals surface area contributed by atoms with Crippen molar-refractivity contribution in [2.75, 3.05) is 5.32 Å². The zero-order chi connectivity index (χ0) is 9.80. The predicted octanol–water partition coefficient (Wildman–Crippen LogP) is 3.35. The maximum absolute atomic E-state index is 13.3. The molecule has 1 aromatic rings. The van der Waals surface area contributed by atoms with Gasteiger partial charge in [-0.15, -0.1) is 0 Å². The second kappa shape index (κ2) is 4.27. The van der Waals surface area contributed by atoms with Crippen LogP contribution >= 0.6 is 0 Å². The van der Waals surface area contributed by atoms with Crippen LogP contribution in [0.4, 0.5) is 10.1 Å². The Kier molecular flexibility index (Phi) is 2.82. The van der Waals surface area contributed by atoms with E-state index in [1.54, 1.807) is 12.1 Å². The molecular formula is C12H14FN. The van der Waals surface area contributed by atoms with Gasteiger partial charge in [0.2, 0.25) is 0 Å². The molecule has 0 aromatic heterocycles. The summed E-state index contributed by atoms with van der Waals surface area (Å²) in [5, 5.41) is 3.19. The number of benzene rings is 1. The van der Waals surface area contributed by atoms with Crippen LogP contribution in [0, 0.1) is 5.82 Å². The molecule has 1 nitrogen and oxygen atoms in total. The zero-order valence-corrected chi connectivity index (χ0v) is 8.04. The molecule has 0 bridgehead atoms. The average molecular weight is 191 g/mol. The van der Waals surface area contributed by atoms with Gasteiger partial charge in [-0.25, -0.2) is 4.39 Å². The van der Waals surface area contributed by atoms with Crippen molar-refractivity contribution < 1.29 is 4.39 Å². The molecule has 0 heterocycles. The molecule has 0 aliphatic heterocycles. The summed E-state index contributed by atoms with van der Waals surface area (Å²) >= 11 is 0. The average Bonchev–Trinajstić information content (AvgIpc) is 2.23. The normalized spacial score (nSPS) is 20.8. The lowest BCUT2D eigenvalue weighted by Gasteiger charge is -2.19. The van der Waals surface area contributed by atoms with Gasteiger partial charge >= 0.3 is 0 Å². The molecule has 2 rings (SSSR count). The predicted molar refractivity (Wildman–Crippen MR) is 56.8 cm³/mol. The van der Waals surface area contributed by atoms with Gasteiger partial charge in [-0.2, -0.15) is 0 Å². The molecule has 0 fully saturated rings. The summed E-state index contributed by atoms with van der Waals surface area (Å²) in [7, 11) is 0. The van der Waals surface area contributed by atoms with E-state index in [4.69, 9.17) is 0 Å². The van der Waals surface area contributed by atoms with Gasteiger partial charge in [-0.05, 0) is 31.4 Å². The van der Waals surface area contributed by atoms with Gasteiger partial charge in [0.1, 0.15) is 5.82 Å². The number of halogens is 1. The van der Waals surface area contributed by atoms with E-state index in [9.17, 15) is 4.39 Å². The Labute approximate surface area is 83.6 Å². The lowest BCUT2D eigenvalue weighted by molar-refractivity contribution is 0.620. The van der Waals surface area contributed by atoms with Gasteiger partial charge in [0.15, 0.2) is 0 Å². The number of allylic oxidation sites excluding steroid dienone is 1. The van der Waals surface area contributed by atoms with Crippen LogP contribution in [0.1, 0.15) is 19.3 Å². The maximum atomic E-state index is 13.3. The quantitative estimate of drug-likeness (QED) is 0.707. The molecule has 1 atom stereocenters. The van der Waals surface area contributed by atoms with Crippen molar-refractivity contribution in [2.45, 2.75) is 25.3 Å². The molecule has 1 aliphatic carbocycles. The van der Waals surface area contributed by atoms with Crippen molar-refractivity contribution in [1.82, 2.24) is 0 Å². The first-order valence-electron chi connectivity index (χ1n) is 5.04. The molecule has 0 spiro atoms. The number of anilines is 1. The van der Waals surface area contributed by atoms with Crippen molar-refractivity contribution in [3.63, 3.8) is 0 Å². The van der Waals surface area contributed by atoms with Crippen LogP contribution in [0.3, 0.4) is 0 Å². The van der Waals surface area contributed by atoms with Gasteiger partial charge in [0.05, 0.1) is 5.69 Å². The van der Waals surface area contributed by atoms with Crippen molar-refractivity contribution in [1.29, 1.82) is 0 Å². The Bertz CT molecular complexity index is 333. The third-order valence-electron chi connectivity index (χ3n) is 2.47. The van der Waals surface area contributed by atoms with Gasteiger partial charge in [0.25, 0.3) is 0 Å². The third-order valence-corrected chi connectivity index (χ3v) is 2.47. The highest BCUT2D eigenvalue weighted by atomic mass is 19.1. The highest BCUT2D eigenvalue weighted by molar-refractivity contribution is 5.46. The molecule has 2 heteroatoms. The minimum atomic E-state index is -0.175. The van der Waals surface area contributed by atoms with E-state index in [1.165, 1.54) is 12.5 Å². The van der Waals surface area contributed by atoms with E-state index < -0.39 is 0 Å². The summed E-state index contributed by atoms with van der Waals surface area (Å²) in [6.07, 6.45) is 7.70. The molecule has 14 heavy (non-hydrogen) atoms. The Morgan fingerprint density at radius 2 is 2.14 bits per heavy atom. The fourth-order valence-corrected chi connectivity index (χ4v) is 1.71. The van der Waals surface area contributed by atoms with Crippen molar-refractivity contribution in [3.8, 4) is 0 Å². The van der Waals surface area contributed by atoms with E-state index in [-0.39, 0.29) is 5.82 Å². The van der Waals surface area contributed by atoms with Crippen LogP contribution in [-0.2, 0) is 0 Å². The summed E-state index contributed by atoms with van der Waals surface area (Å²) < 4.78 is 13.3. The second-order valence-corrected chi connectivity index (χ2v) is 3.59. The highest BCUT2D eigenvalue weighted by Crippen LogP contribution is 2.18. The van der Waals surface area contributed by atoms with E-state index in [2.05, 4.69) is 17.5 Å². The fraction of sp³-hybridized carbons (Fsp3) is 0.333. The van der Waals surface area contributed by atoms with Crippen LogP contribution in [0.2, 0.25) is 0 Å². The number of hydrogen-bond donors (Lipinski definition) is 1. The number of nitrogens with one attached hydrogen (secondary N) is 1. The summed E-state index contributed by atoms with van der Waals surface area (Å²) in [5.41, 5.74) is 0.601. The number of para-hydroxylation sites is 1. The Morgan fingerprint density at radius 3 is 2.86 bits per heavy atom. The smallest absolute Gasteiger partial charge is 0.146 e. The minimum Gasteiger partial charge on any atom is -0.376 e. The summed E-state index contributed by atoms with van der Waals surface area (Å²) in [4.78, 5) is 0. The summed E-state index contributed by atoms with van der Waals surface area (Å²) in [6.45, 7) is 0. The van der Waals surface area contributed by atoms with Gasteiger partial charge < -0.3 is 5.32 Å². The molecule has 1 aliphatic rings. The van der Waals surface area contributed by atoms with Gasteiger partial charge in [0, 0.05) is 6.04 Å². The van der Waals surface area contributed by atoms with Crippen LogP contribution < -0.4 is 5.32 Å². The second-order valence-electron chi connectivity index (χ2n) is 3.59. The van der Waals surface area contributed by atoms with E-state index in [0.29, 0.717) is 11.7 Å². The standard InChI is InChI=1S/C12H14FN/c13-11-8-4-5-9-12(11)14-10-6-2-1-3-7-10/h2,4-6,8-10,14H,1,3,7H2. The van der Waals surface area contributed by atoms with E-state index in [0.717, 1.165) is 12.8 Å². The van der Waals surface area contributed by atoms with Gasteiger partial charge in [-0.3, -0.25) is 0 Å². The molecule has 1 unspecified atom stereocenters. The molecule has 1 N–H and O–H groups in total. The van der Waals surface area contributed by atoms with Crippen LogP contribution in [0.25, 0.3) is 0 Å². The van der Waals surface area contributed by atoms with E-state index in [1.807, 2.05) is 6.07 Å². The lowest BCUT2D eigenvalue weighted by atomic mass is 10.0. The van der Waals surface area contributed by atoms with Gasteiger partial charge in [-0.1, -0.05) is 24.3 Å². The molecule has 0 radical (unpaired) electrons. The zero-order valence-electron chi connectivity index (χ0n) is 8.04. The topological polar surface area (TPSA) is 12.0 Å². The van der Waals surface area contributed by atoms with Crippen LogP contribution in [0.5, 0.6) is 0 Å². The van der Waals surface area contributed by atoms with E-state index >= 15 is 0 Å². The molecule has 0 saturated carbocycles. The monoisotopic (exact) mass is 191 g/mol. The largest absolute Gasteiger partial charge is 0.376 e. The number of rotatable bonds is 2. The van der Waals surface area contributed by atoms with Crippen molar-refractivity contribution in [3.05, 3.63) is 42.2 Å². The molecule has 74 valence electrons. The fourth-order valence-electron chi connectivity index (χ4n) is 1.71. The Balaban J connectivity index is 2.06. The Hall–Kier alpha value is -1.31. The molecule has 1 aromatic carbocycles. The van der Waals surface area contributed by atoms with Crippen LogP contribution in [-0.4, -0.2) is 6.04 Å². The van der Waals surface area contributed by atoms with Crippen molar-refractivity contribution >= 4 is 5.69 Å². The molecule has 0 amide bonds. The van der Waals surface area contributed by atoms with Crippen LogP contribution in [0.15, 0.2) is 36.4 Å². The summed E-state index contributed by atoms with van der Waals surface area (Å²) in [6, 6.07) is 7.10. The highest BCUT2D eigenvalue weighted by Gasteiger charge is 2.09. The lowest BCUT2D eigenvalue weighted by Crippen LogP contribution is -2.19. The Morgan fingerprint density at radius 1 is 1.29 bits per heavy atom. The summed E-state index contributed by atoms with van der Waals surface area (Å²) in [5.74, 6) is -0.175. The first-order chi connectivity index (χ1) is 6.86. The SMILES string of the molecule is Fc1ccccc1NC1C=CCCC1. The number of hydrogen-bond acceptors (Lipinski definition) is 1. The minimum absolute atomic E-state index is 0.175. The van der Waals surface area contributed by atoms with Crippen molar-refractivity contribution in [2.24, 2.45) is 0 Å². The first-order valence-corrected chi connectivity index (χ1v) is 5.04. The third kappa shape index (κ3) is 2.13. The first kappa shape index (κ1) is 9.25. The maximum Gasteiger partial charge on any atom is 0.146 e.